The molecule has 2 nitrogen and oxygen atoms in total. The Hall–Kier alpha value is -1.09. The number of hydrogen-bond donors (Lipinski definition) is 1. The minimum atomic E-state index is -0.115. The number of para-hydroxylation sites is 1. The molecule has 0 saturated carbocycles. The van der Waals surface area contributed by atoms with Gasteiger partial charge in [0.1, 0.15) is 5.82 Å². The van der Waals surface area contributed by atoms with Gasteiger partial charge in [0.2, 0.25) is 0 Å². The summed E-state index contributed by atoms with van der Waals surface area (Å²) in [6.45, 7) is 7.16. The summed E-state index contributed by atoms with van der Waals surface area (Å²) < 4.78 is 13.8. The highest BCUT2D eigenvalue weighted by Gasteiger charge is 2.31. The zero-order valence-electron chi connectivity index (χ0n) is 10.6. The van der Waals surface area contributed by atoms with Crippen molar-refractivity contribution in [2.45, 2.75) is 26.3 Å². The van der Waals surface area contributed by atoms with Crippen molar-refractivity contribution in [2.24, 2.45) is 5.92 Å². The molecule has 1 aromatic carbocycles. The van der Waals surface area contributed by atoms with Gasteiger partial charge in [-0.1, -0.05) is 25.5 Å². The Bertz CT molecular complexity index is 367. The molecule has 17 heavy (non-hydrogen) atoms. The zero-order chi connectivity index (χ0) is 12.3. The number of likely N-dealkylation sites (N-methyl/N-ethyl adjacent to an activating group) is 1. The lowest BCUT2D eigenvalue weighted by Crippen LogP contribution is -2.41. The predicted octanol–water partition coefficient (Wildman–Crippen LogP) is 2.65. The summed E-state index contributed by atoms with van der Waals surface area (Å²) in [5, 5.41) is 3.41. The summed E-state index contributed by atoms with van der Waals surface area (Å²) in [5.41, 5.74) is 0.738. The van der Waals surface area contributed by atoms with Crippen LogP contribution < -0.4 is 10.2 Å². The number of rotatable bonds is 4. The van der Waals surface area contributed by atoms with E-state index < -0.39 is 0 Å². The van der Waals surface area contributed by atoms with Crippen LogP contribution in [0.15, 0.2) is 24.3 Å². The maximum Gasteiger partial charge on any atom is 0.146 e. The lowest BCUT2D eigenvalue weighted by atomic mass is 9.98. The molecule has 1 heterocycles. The molecule has 0 aromatic heterocycles. The number of anilines is 1. The van der Waals surface area contributed by atoms with Gasteiger partial charge in [0.05, 0.1) is 5.69 Å². The van der Waals surface area contributed by atoms with Gasteiger partial charge in [0, 0.05) is 25.7 Å². The van der Waals surface area contributed by atoms with E-state index in [4.69, 9.17) is 0 Å². The topological polar surface area (TPSA) is 15.3 Å². The Labute approximate surface area is 103 Å². The van der Waals surface area contributed by atoms with Crippen LogP contribution in [0.3, 0.4) is 0 Å². The molecule has 1 saturated heterocycles. The molecule has 1 aromatic rings. The van der Waals surface area contributed by atoms with Crippen molar-refractivity contribution in [2.75, 3.05) is 24.5 Å². The van der Waals surface area contributed by atoms with Gasteiger partial charge in [-0.15, -0.1) is 0 Å². The van der Waals surface area contributed by atoms with Crippen molar-refractivity contribution in [3.8, 4) is 0 Å². The molecule has 94 valence electrons. The maximum atomic E-state index is 13.8. The van der Waals surface area contributed by atoms with Crippen LogP contribution in [0.4, 0.5) is 10.1 Å². The van der Waals surface area contributed by atoms with Gasteiger partial charge < -0.3 is 10.2 Å². The molecule has 0 amide bonds. The van der Waals surface area contributed by atoms with Crippen molar-refractivity contribution in [1.29, 1.82) is 0 Å². The summed E-state index contributed by atoms with van der Waals surface area (Å²) in [4.78, 5) is 2.20. The molecule has 3 heteroatoms. The van der Waals surface area contributed by atoms with Crippen LogP contribution in [-0.2, 0) is 0 Å². The van der Waals surface area contributed by atoms with Gasteiger partial charge in [0.25, 0.3) is 0 Å². The fourth-order valence-electron chi connectivity index (χ4n) is 2.77. The fraction of sp³-hybridized carbons (Fsp3) is 0.571. The molecular weight excluding hydrogens is 215 g/mol. The fourth-order valence-corrected chi connectivity index (χ4v) is 2.77. The van der Waals surface area contributed by atoms with Crippen LogP contribution in [0.1, 0.15) is 20.3 Å². The minimum absolute atomic E-state index is 0.115. The highest BCUT2D eigenvalue weighted by Crippen LogP contribution is 2.26. The summed E-state index contributed by atoms with van der Waals surface area (Å²) in [6.07, 6.45) is 1.14. The molecule has 2 unspecified atom stereocenters. The average molecular weight is 236 g/mol. The second-order valence-electron chi connectivity index (χ2n) is 4.63. The minimum Gasteiger partial charge on any atom is -0.365 e. The van der Waals surface area contributed by atoms with Crippen LogP contribution >= 0.6 is 0 Å². The van der Waals surface area contributed by atoms with Crippen molar-refractivity contribution >= 4 is 5.69 Å². The van der Waals surface area contributed by atoms with E-state index in [2.05, 4.69) is 24.1 Å². The van der Waals surface area contributed by atoms with Crippen LogP contribution in [0.5, 0.6) is 0 Å². The molecule has 1 N–H and O–H groups in total. The first kappa shape index (κ1) is 12.4. The van der Waals surface area contributed by atoms with Gasteiger partial charge in [-0.2, -0.15) is 0 Å². The van der Waals surface area contributed by atoms with Crippen molar-refractivity contribution < 1.29 is 4.39 Å². The molecule has 2 rings (SSSR count). The number of benzene rings is 1. The van der Waals surface area contributed by atoms with Gasteiger partial charge in [-0.3, -0.25) is 0 Å². The summed E-state index contributed by atoms with van der Waals surface area (Å²) in [5.74, 6) is 0.505. The molecule has 1 aliphatic rings. The van der Waals surface area contributed by atoms with Gasteiger partial charge in [-0.05, 0) is 25.0 Å². The summed E-state index contributed by atoms with van der Waals surface area (Å²) >= 11 is 0. The predicted molar refractivity (Wildman–Crippen MR) is 69.9 cm³/mol. The van der Waals surface area contributed by atoms with Gasteiger partial charge in [-0.25, -0.2) is 4.39 Å². The van der Waals surface area contributed by atoms with E-state index in [1.165, 1.54) is 0 Å². The van der Waals surface area contributed by atoms with E-state index in [1.807, 2.05) is 12.1 Å². The lowest BCUT2D eigenvalue weighted by molar-refractivity contribution is 0.464. The number of halogens is 1. The SMILES string of the molecule is CCC1CNCC1N(CC)c1ccccc1F. The first-order valence-corrected chi connectivity index (χ1v) is 6.49. The normalized spacial score (nSPS) is 23.9. The standard InChI is InChI=1S/C14H21FN2/c1-3-11-9-16-10-14(11)17(4-2)13-8-6-5-7-12(13)15/h5-8,11,14,16H,3-4,9-10H2,1-2H3. The molecule has 1 aliphatic heterocycles. The largest absolute Gasteiger partial charge is 0.365 e. The monoisotopic (exact) mass is 236 g/mol. The summed E-state index contributed by atoms with van der Waals surface area (Å²) in [7, 11) is 0. The lowest BCUT2D eigenvalue weighted by Gasteiger charge is -2.33. The van der Waals surface area contributed by atoms with Crippen molar-refractivity contribution in [1.82, 2.24) is 5.32 Å². The number of hydrogen-bond acceptors (Lipinski definition) is 2. The number of nitrogens with zero attached hydrogens (tertiary/aromatic N) is 1. The maximum absolute atomic E-state index is 13.8. The molecule has 0 radical (unpaired) electrons. The van der Waals surface area contributed by atoms with Crippen molar-refractivity contribution in [3.05, 3.63) is 30.1 Å². The highest BCUT2D eigenvalue weighted by atomic mass is 19.1. The molecule has 1 fully saturated rings. The Kier molecular flexibility index (Phi) is 4.00. The Morgan fingerprint density at radius 3 is 2.71 bits per heavy atom. The van der Waals surface area contributed by atoms with E-state index in [0.29, 0.717) is 12.0 Å². The first-order chi connectivity index (χ1) is 8.27. The third kappa shape index (κ3) is 2.44. The quantitative estimate of drug-likeness (QED) is 0.864. The van der Waals surface area contributed by atoms with E-state index in [-0.39, 0.29) is 5.82 Å². The Balaban J connectivity index is 2.24. The third-order valence-corrected chi connectivity index (χ3v) is 3.73. The second-order valence-corrected chi connectivity index (χ2v) is 4.63. The van der Waals surface area contributed by atoms with E-state index >= 15 is 0 Å². The smallest absolute Gasteiger partial charge is 0.146 e. The van der Waals surface area contributed by atoms with Crippen LogP contribution in [-0.4, -0.2) is 25.7 Å². The highest BCUT2D eigenvalue weighted by molar-refractivity contribution is 5.49. The molecule has 0 spiro atoms. The van der Waals surface area contributed by atoms with Gasteiger partial charge in [0.15, 0.2) is 0 Å². The van der Waals surface area contributed by atoms with E-state index in [0.717, 1.165) is 31.7 Å². The van der Waals surface area contributed by atoms with Crippen LogP contribution in [0.2, 0.25) is 0 Å². The van der Waals surface area contributed by atoms with E-state index in [9.17, 15) is 4.39 Å². The van der Waals surface area contributed by atoms with E-state index in [1.54, 1.807) is 12.1 Å². The van der Waals surface area contributed by atoms with Crippen LogP contribution in [0.25, 0.3) is 0 Å². The molecule has 0 bridgehead atoms. The molecule has 0 aliphatic carbocycles. The Morgan fingerprint density at radius 1 is 1.29 bits per heavy atom. The third-order valence-electron chi connectivity index (χ3n) is 3.73. The Morgan fingerprint density at radius 2 is 2.06 bits per heavy atom. The molecular formula is C14H21FN2. The zero-order valence-corrected chi connectivity index (χ0v) is 10.6. The summed E-state index contributed by atoms with van der Waals surface area (Å²) in [6, 6.07) is 7.49. The second kappa shape index (κ2) is 5.50. The first-order valence-electron chi connectivity index (χ1n) is 6.49. The molecule has 2 atom stereocenters. The van der Waals surface area contributed by atoms with Crippen molar-refractivity contribution in [3.63, 3.8) is 0 Å². The number of nitrogens with one attached hydrogen (secondary N) is 1. The van der Waals surface area contributed by atoms with Crippen LogP contribution in [0, 0.1) is 11.7 Å². The average Bonchev–Trinajstić information content (AvgIpc) is 2.81. The van der Waals surface area contributed by atoms with Gasteiger partial charge >= 0.3 is 0 Å².